The van der Waals surface area contributed by atoms with Crippen molar-refractivity contribution in [1.82, 2.24) is 9.80 Å². The van der Waals surface area contributed by atoms with Gasteiger partial charge in [0.1, 0.15) is 18.0 Å². The second-order valence-corrected chi connectivity index (χ2v) is 9.56. The fraction of sp³-hybridized carbons (Fsp3) is 0.357. The summed E-state index contributed by atoms with van der Waals surface area (Å²) in [7, 11) is 4.71. The van der Waals surface area contributed by atoms with Crippen LogP contribution in [-0.2, 0) is 22.6 Å². The largest absolute Gasteiger partial charge is 0.497 e. The van der Waals surface area contributed by atoms with E-state index in [2.05, 4.69) is 11.4 Å². The van der Waals surface area contributed by atoms with E-state index in [1.54, 1.807) is 55.8 Å². The molecular weight excluding hydrogens is 490 g/mol. The van der Waals surface area contributed by atoms with Crippen molar-refractivity contribution in [2.75, 3.05) is 46.3 Å². The summed E-state index contributed by atoms with van der Waals surface area (Å²) >= 11 is 1.63. The zero-order valence-electron chi connectivity index (χ0n) is 21.9. The monoisotopic (exact) mass is 525 g/mol. The third kappa shape index (κ3) is 8.51. The van der Waals surface area contributed by atoms with Gasteiger partial charge in [-0.25, -0.2) is 4.79 Å². The van der Waals surface area contributed by atoms with Crippen LogP contribution in [0.3, 0.4) is 0 Å². The minimum atomic E-state index is -0.383. The molecule has 2 aromatic carbocycles. The number of hydrogen-bond acceptors (Lipinski definition) is 6. The van der Waals surface area contributed by atoms with Crippen LogP contribution >= 0.6 is 11.3 Å². The molecule has 0 saturated carbocycles. The topological polar surface area (TPSA) is 80.3 Å². The highest BCUT2D eigenvalue weighted by Crippen LogP contribution is 2.26. The maximum Gasteiger partial charge on any atom is 0.322 e. The Morgan fingerprint density at radius 3 is 2.22 bits per heavy atom. The first-order valence-electron chi connectivity index (χ1n) is 12.1. The number of thiophene rings is 1. The third-order valence-electron chi connectivity index (χ3n) is 5.86. The van der Waals surface area contributed by atoms with Gasteiger partial charge in [0.15, 0.2) is 0 Å². The molecule has 0 aliphatic rings. The van der Waals surface area contributed by atoms with Gasteiger partial charge in [-0.15, -0.1) is 11.3 Å². The number of aryl methyl sites for hydroxylation is 1. The fourth-order valence-electron chi connectivity index (χ4n) is 3.77. The van der Waals surface area contributed by atoms with E-state index >= 15 is 0 Å². The molecule has 37 heavy (non-hydrogen) atoms. The Kier molecular flexibility index (Phi) is 10.8. The minimum absolute atomic E-state index is 0.0616. The van der Waals surface area contributed by atoms with Gasteiger partial charge in [-0.3, -0.25) is 4.79 Å². The van der Waals surface area contributed by atoms with E-state index in [1.165, 1.54) is 4.90 Å². The number of anilines is 1. The molecular formula is C28H35N3O5S. The van der Waals surface area contributed by atoms with Gasteiger partial charge >= 0.3 is 6.03 Å². The van der Waals surface area contributed by atoms with Gasteiger partial charge in [-0.2, -0.15) is 0 Å². The van der Waals surface area contributed by atoms with Crippen molar-refractivity contribution in [3.8, 4) is 11.5 Å². The Hall–Kier alpha value is -3.56. The molecule has 3 rings (SSSR count). The average Bonchev–Trinajstić information content (AvgIpc) is 3.32. The molecule has 0 saturated heterocycles. The first-order valence-corrected chi connectivity index (χ1v) is 12.9. The summed E-state index contributed by atoms with van der Waals surface area (Å²) in [5, 5.41) is 4.92. The van der Waals surface area contributed by atoms with Crippen LogP contribution in [0.15, 0.2) is 60.0 Å². The Balaban J connectivity index is 1.79. The molecule has 0 bridgehead atoms. The van der Waals surface area contributed by atoms with Gasteiger partial charge in [0.05, 0.1) is 20.8 Å². The number of hydrogen-bond donors (Lipinski definition) is 1. The summed E-state index contributed by atoms with van der Waals surface area (Å²) in [5.74, 6) is 0.974. The number of ether oxygens (including phenoxy) is 3. The molecule has 0 radical (unpaired) electrons. The number of methoxy groups -OCH3 is 3. The van der Waals surface area contributed by atoms with Crippen molar-refractivity contribution in [2.24, 2.45) is 0 Å². The molecule has 198 valence electrons. The van der Waals surface area contributed by atoms with Gasteiger partial charge in [0.25, 0.3) is 0 Å². The number of nitrogens with zero attached hydrogens (tertiary/aromatic N) is 2. The second kappa shape index (κ2) is 14.2. The minimum Gasteiger partial charge on any atom is -0.497 e. The van der Waals surface area contributed by atoms with E-state index in [4.69, 9.17) is 14.2 Å². The lowest BCUT2D eigenvalue weighted by Crippen LogP contribution is -2.44. The highest BCUT2D eigenvalue weighted by Gasteiger charge is 2.23. The molecule has 0 aliphatic heterocycles. The van der Waals surface area contributed by atoms with Crippen molar-refractivity contribution in [3.63, 3.8) is 0 Å². The van der Waals surface area contributed by atoms with Crippen LogP contribution in [0.2, 0.25) is 0 Å². The van der Waals surface area contributed by atoms with Crippen LogP contribution in [0.1, 0.15) is 22.4 Å². The molecule has 0 fully saturated rings. The van der Waals surface area contributed by atoms with Crippen molar-refractivity contribution in [1.29, 1.82) is 0 Å². The molecule has 9 heteroatoms. The van der Waals surface area contributed by atoms with Crippen LogP contribution < -0.4 is 14.8 Å². The lowest BCUT2D eigenvalue weighted by Gasteiger charge is -2.28. The maximum absolute atomic E-state index is 13.6. The highest BCUT2D eigenvalue weighted by molar-refractivity contribution is 7.10. The zero-order chi connectivity index (χ0) is 26.6. The zero-order valence-corrected chi connectivity index (χ0v) is 22.7. The van der Waals surface area contributed by atoms with Gasteiger partial charge in [0, 0.05) is 55.6 Å². The van der Waals surface area contributed by atoms with Crippen LogP contribution in [0.4, 0.5) is 10.5 Å². The molecule has 3 aromatic rings. The number of rotatable bonds is 13. The molecule has 1 N–H and O–H groups in total. The number of carbonyl (C=O) groups is 2. The molecule has 8 nitrogen and oxygen atoms in total. The van der Waals surface area contributed by atoms with Gasteiger partial charge in [-0.05, 0) is 35.9 Å². The summed E-state index contributed by atoms with van der Waals surface area (Å²) in [6, 6.07) is 16.7. The van der Waals surface area contributed by atoms with Crippen molar-refractivity contribution in [3.05, 3.63) is 76.0 Å². The van der Waals surface area contributed by atoms with Gasteiger partial charge in [-0.1, -0.05) is 30.3 Å². The summed E-state index contributed by atoms with van der Waals surface area (Å²) in [6.45, 7) is 3.77. The SMILES string of the molecule is COCCCN(CC(=O)N(Cc1ccccc1)Cc1sccc1C)C(=O)Nc1cc(OC)cc(OC)c1. The van der Waals surface area contributed by atoms with Crippen molar-refractivity contribution in [2.45, 2.75) is 26.4 Å². The maximum atomic E-state index is 13.6. The van der Waals surface area contributed by atoms with E-state index in [9.17, 15) is 9.59 Å². The lowest BCUT2D eigenvalue weighted by atomic mass is 10.2. The Labute approximate surface area is 222 Å². The summed E-state index contributed by atoms with van der Waals surface area (Å²) in [5.41, 5.74) is 2.70. The van der Waals surface area contributed by atoms with Crippen LogP contribution in [-0.4, -0.2) is 62.8 Å². The molecule has 0 atom stereocenters. The van der Waals surface area contributed by atoms with E-state index in [0.29, 0.717) is 49.8 Å². The number of urea groups is 1. The Bertz CT molecular complexity index is 1130. The summed E-state index contributed by atoms with van der Waals surface area (Å²) < 4.78 is 15.8. The number of benzene rings is 2. The standard InChI is InChI=1S/C28H35N3O5S/c1-21-11-14-37-26(21)19-31(18-22-9-6-5-7-10-22)27(32)20-30(12-8-13-34-2)28(33)29-23-15-24(35-3)17-25(16-23)36-4/h5-7,9-11,14-17H,8,12-13,18-20H2,1-4H3,(H,29,33). The summed E-state index contributed by atoms with van der Waals surface area (Å²) in [6.07, 6.45) is 0.599. The summed E-state index contributed by atoms with van der Waals surface area (Å²) in [4.78, 5) is 31.4. The third-order valence-corrected chi connectivity index (χ3v) is 6.87. The molecule has 0 aliphatic carbocycles. The Morgan fingerprint density at radius 1 is 0.919 bits per heavy atom. The van der Waals surface area contributed by atoms with Gasteiger partial charge < -0.3 is 29.3 Å². The smallest absolute Gasteiger partial charge is 0.322 e. The quantitative estimate of drug-likeness (QED) is 0.311. The first kappa shape index (κ1) is 28.0. The lowest BCUT2D eigenvalue weighted by molar-refractivity contribution is -0.133. The van der Waals surface area contributed by atoms with Crippen molar-refractivity contribution >= 4 is 29.0 Å². The fourth-order valence-corrected chi connectivity index (χ4v) is 4.69. The van der Waals surface area contributed by atoms with E-state index in [1.807, 2.05) is 42.6 Å². The number of carbonyl (C=O) groups excluding carboxylic acids is 2. The van der Waals surface area contributed by atoms with E-state index < -0.39 is 0 Å². The van der Waals surface area contributed by atoms with E-state index in [-0.39, 0.29) is 18.5 Å². The molecule has 0 unspecified atom stereocenters. The molecule has 1 heterocycles. The molecule has 3 amide bonds. The first-order chi connectivity index (χ1) is 17.9. The molecule has 0 spiro atoms. The van der Waals surface area contributed by atoms with Crippen molar-refractivity contribution < 1.29 is 23.8 Å². The van der Waals surface area contributed by atoms with Gasteiger partial charge in [0.2, 0.25) is 5.91 Å². The normalized spacial score (nSPS) is 10.6. The predicted octanol–water partition coefficient (Wildman–Crippen LogP) is 5.17. The van der Waals surface area contributed by atoms with E-state index in [0.717, 1.165) is 16.0 Å². The number of nitrogens with one attached hydrogen (secondary N) is 1. The van der Waals surface area contributed by atoms with Crippen LogP contribution in [0.5, 0.6) is 11.5 Å². The Morgan fingerprint density at radius 2 is 1.62 bits per heavy atom. The number of amides is 3. The predicted molar refractivity (Wildman–Crippen MR) is 146 cm³/mol. The molecule has 1 aromatic heterocycles. The van der Waals surface area contributed by atoms with Crippen LogP contribution in [0.25, 0.3) is 0 Å². The van der Waals surface area contributed by atoms with Crippen LogP contribution in [0, 0.1) is 6.92 Å². The highest BCUT2D eigenvalue weighted by atomic mass is 32.1. The second-order valence-electron chi connectivity index (χ2n) is 8.56. The average molecular weight is 526 g/mol.